The van der Waals surface area contributed by atoms with E-state index in [1.807, 2.05) is 6.07 Å². The van der Waals surface area contributed by atoms with Gasteiger partial charge in [0.05, 0.1) is 0 Å². The fourth-order valence-corrected chi connectivity index (χ4v) is 3.74. The van der Waals surface area contributed by atoms with Gasteiger partial charge < -0.3 is 4.74 Å². The van der Waals surface area contributed by atoms with Gasteiger partial charge in [0.1, 0.15) is 6.10 Å². The van der Waals surface area contributed by atoms with E-state index < -0.39 is 0 Å². The minimum Gasteiger partial charge on any atom is -0.462 e. The van der Waals surface area contributed by atoms with Gasteiger partial charge in [-0.05, 0) is 33.3 Å². The molecule has 0 saturated carbocycles. The van der Waals surface area contributed by atoms with Gasteiger partial charge in [-0.1, -0.05) is 30.3 Å². The highest BCUT2D eigenvalue weighted by molar-refractivity contribution is 5.66. The molecule has 1 aromatic rings. The van der Waals surface area contributed by atoms with Crippen LogP contribution in [0.1, 0.15) is 53.0 Å². The lowest BCUT2D eigenvalue weighted by atomic mass is 9.77. The summed E-state index contributed by atoms with van der Waals surface area (Å²) in [6.45, 7) is 11.4. The highest BCUT2D eigenvalue weighted by atomic mass is 16.5. The van der Waals surface area contributed by atoms with Crippen LogP contribution in [-0.4, -0.2) is 28.1 Å². The number of carbonyl (C=O) groups excluding carboxylic acids is 1. The van der Waals surface area contributed by atoms with E-state index in [9.17, 15) is 4.79 Å². The first-order valence-electron chi connectivity index (χ1n) is 7.70. The minimum atomic E-state index is -0.178. The lowest BCUT2D eigenvalue weighted by Crippen LogP contribution is -2.61. The van der Waals surface area contributed by atoms with E-state index in [0.29, 0.717) is 0 Å². The predicted octanol–water partition coefficient (Wildman–Crippen LogP) is 3.77. The van der Waals surface area contributed by atoms with Crippen molar-refractivity contribution < 1.29 is 9.53 Å². The second-order valence-electron chi connectivity index (χ2n) is 7.34. The molecule has 0 spiro atoms. The van der Waals surface area contributed by atoms with E-state index in [1.165, 1.54) is 12.5 Å². The summed E-state index contributed by atoms with van der Waals surface area (Å²) in [5.74, 6) is -0.178. The molecule has 1 heterocycles. The summed E-state index contributed by atoms with van der Waals surface area (Å²) < 4.78 is 5.50. The summed E-state index contributed by atoms with van der Waals surface area (Å²) in [4.78, 5) is 13.8. The van der Waals surface area contributed by atoms with Crippen molar-refractivity contribution in [3.05, 3.63) is 35.9 Å². The minimum absolute atomic E-state index is 0.00227. The van der Waals surface area contributed by atoms with Gasteiger partial charge in [0.15, 0.2) is 0 Å². The summed E-state index contributed by atoms with van der Waals surface area (Å²) in [6.07, 6.45) is 1.77. The molecule has 0 radical (unpaired) electrons. The van der Waals surface area contributed by atoms with Crippen LogP contribution < -0.4 is 0 Å². The molecule has 116 valence electrons. The van der Waals surface area contributed by atoms with Crippen molar-refractivity contribution in [2.75, 3.05) is 0 Å². The van der Waals surface area contributed by atoms with Crippen molar-refractivity contribution >= 4 is 5.97 Å². The molecule has 1 saturated heterocycles. The third-order valence-electron chi connectivity index (χ3n) is 4.43. The van der Waals surface area contributed by atoms with Gasteiger partial charge in [0, 0.05) is 37.4 Å². The number of carbonyl (C=O) groups is 1. The number of nitrogens with zero attached hydrogens (tertiary/aromatic N) is 1. The Labute approximate surface area is 128 Å². The zero-order valence-corrected chi connectivity index (χ0v) is 13.8. The molecule has 1 aliphatic heterocycles. The number of likely N-dealkylation sites (tertiary alicyclic amines) is 1. The maximum atomic E-state index is 11.3. The lowest BCUT2D eigenvalue weighted by Gasteiger charge is -2.55. The molecule has 0 amide bonds. The van der Waals surface area contributed by atoms with E-state index in [4.69, 9.17) is 4.74 Å². The molecule has 2 rings (SSSR count). The Balaban J connectivity index is 2.19. The maximum Gasteiger partial charge on any atom is 0.302 e. The fourth-order valence-electron chi connectivity index (χ4n) is 3.74. The fraction of sp³-hybridized carbons (Fsp3) is 0.611. The van der Waals surface area contributed by atoms with E-state index in [-0.39, 0.29) is 23.2 Å². The van der Waals surface area contributed by atoms with Crippen LogP contribution in [0.5, 0.6) is 0 Å². The molecular weight excluding hydrogens is 262 g/mol. The highest BCUT2D eigenvalue weighted by Crippen LogP contribution is 2.40. The first-order valence-corrected chi connectivity index (χ1v) is 7.70. The van der Waals surface area contributed by atoms with Crippen molar-refractivity contribution in [3.8, 4) is 0 Å². The SMILES string of the molecule is CC(=O)OC1CC(C)(C)N(Cc2ccccc2)C(C)(C)C1. The molecule has 0 atom stereocenters. The molecule has 1 aromatic carbocycles. The third kappa shape index (κ3) is 3.85. The van der Waals surface area contributed by atoms with Crippen LogP contribution in [-0.2, 0) is 16.1 Å². The Morgan fingerprint density at radius 1 is 1.14 bits per heavy atom. The van der Waals surface area contributed by atoms with Gasteiger partial charge in [-0.15, -0.1) is 0 Å². The lowest BCUT2D eigenvalue weighted by molar-refractivity contribution is -0.158. The molecule has 3 heteroatoms. The monoisotopic (exact) mass is 289 g/mol. The second-order valence-corrected chi connectivity index (χ2v) is 7.34. The normalized spacial score (nSPS) is 22.0. The number of rotatable bonds is 3. The number of esters is 1. The van der Waals surface area contributed by atoms with Gasteiger partial charge in [-0.3, -0.25) is 9.69 Å². The van der Waals surface area contributed by atoms with Crippen molar-refractivity contribution in [1.82, 2.24) is 4.90 Å². The summed E-state index contributed by atoms with van der Waals surface area (Å²) in [7, 11) is 0. The zero-order valence-electron chi connectivity index (χ0n) is 13.8. The van der Waals surface area contributed by atoms with E-state index in [0.717, 1.165) is 19.4 Å². The Bertz CT molecular complexity index is 475. The van der Waals surface area contributed by atoms with E-state index >= 15 is 0 Å². The topological polar surface area (TPSA) is 29.5 Å². The number of hydrogen-bond donors (Lipinski definition) is 0. The van der Waals surface area contributed by atoms with Gasteiger partial charge in [-0.25, -0.2) is 0 Å². The van der Waals surface area contributed by atoms with Gasteiger partial charge in [0.2, 0.25) is 0 Å². The molecule has 3 nitrogen and oxygen atoms in total. The number of hydrogen-bond acceptors (Lipinski definition) is 3. The van der Waals surface area contributed by atoms with Gasteiger partial charge in [-0.2, -0.15) is 0 Å². The summed E-state index contributed by atoms with van der Waals surface area (Å²) in [6, 6.07) is 10.6. The van der Waals surface area contributed by atoms with Crippen molar-refractivity contribution in [2.45, 2.75) is 71.2 Å². The first kappa shape index (κ1) is 16.0. The predicted molar refractivity (Wildman–Crippen MR) is 84.9 cm³/mol. The van der Waals surface area contributed by atoms with Gasteiger partial charge in [0.25, 0.3) is 0 Å². The molecular formula is C18H27NO2. The summed E-state index contributed by atoms with van der Waals surface area (Å²) in [5.41, 5.74) is 1.32. The number of piperidine rings is 1. The Kier molecular flexibility index (Phi) is 4.43. The van der Waals surface area contributed by atoms with Crippen LogP contribution in [0.3, 0.4) is 0 Å². The molecule has 1 fully saturated rings. The van der Waals surface area contributed by atoms with Crippen LogP contribution in [0.2, 0.25) is 0 Å². The zero-order chi connectivity index (χ0) is 15.7. The number of benzene rings is 1. The summed E-state index contributed by atoms with van der Waals surface area (Å²) >= 11 is 0. The van der Waals surface area contributed by atoms with Crippen LogP contribution in [0.25, 0.3) is 0 Å². The van der Waals surface area contributed by atoms with Gasteiger partial charge >= 0.3 is 5.97 Å². The molecule has 0 aliphatic carbocycles. The van der Waals surface area contributed by atoms with Crippen molar-refractivity contribution in [2.24, 2.45) is 0 Å². The molecule has 0 unspecified atom stereocenters. The van der Waals surface area contributed by atoms with Crippen LogP contribution in [0.4, 0.5) is 0 Å². The third-order valence-corrected chi connectivity index (χ3v) is 4.43. The molecule has 21 heavy (non-hydrogen) atoms. The van der Waals surface area contributed by atoms with E-state index in [2.05, 4.69) is 56.9 Å². The number of ether oxygens (including phenoxy) is 1. The smallest absolute Gasteiger partial charge is 0.302 e. The van der Waals surface area contributed by atoms with Crippen molar-refractivity contribution in [3.63, 3.8) is 0 Å². The second kappa shape index (κ2) is 5.80. The van der Waals surface area contributed by atoms with Crippen LogP contribution in [0, 0.1) is 0 Å². The van der Waals surface area contributed by atoms with Crippen LogP contribution >= 0.6 is 0 Å². The quantitative estimate of drug-likeness (QED) is 0.793. The average molecular weight is 289 g/mol. The largest absolute Gasteiger partial charge is 0.462 e. The Morgan fingerprint density at radius 3 is 2.14 bits per heavy atom. The van der Waals surface area contributed by atoms with E-state index in [1.54, 1.807) is 0 Å². The molecule has 0 N–H and O–H groups in total. The standard InChI is InChI=1S/C18H27NO2/c1-14(20)21-16-11-17(2,3)19(18(4,5)12-16)13-15-9-7-6-8-10-15/h6-10,16H,11-13H2,1-5H3. The maximum absolute atomic E-state index is 11.3. The first-order chi connectivity index (χ1) is 9.71. The molecule has 1 aliphatic rings. The molecule has 0 aromatic heterocycles. The molecule has 0 bridgehead atoms. The average Bonchev–Trinajstić information content (AvgIpc) is 2.33. The Morgan fingerprint density at radius 2 is 1.67 bits per heavy atom. The summed E-state index contributed by atoms with van der Waals surface area (Å²) in [5, 5.41) is 0. The van der Waals surface area contributed by atoms with Crippen LogP contribution in [0.15, 0.2) is 30.3 Å². The highest BCUT2D eigenvalue weighted by Gasteiger charge is 2.46. The Hall–Kier alpha value is -1.35. The van der Waals surface area contributed by atoms with Crippen molar-refractivity contribution in [1.29, 1.82) is 0 Å².